The lowest BCUT2D eigenvalue weighted by Crippen LogP contribution is -2.42. The molecule has 2 rings (SSSR count). The zero-order valence-electron chi connectivity index (χ0n) is 13.2. The highest BCUT2D eigenvalue weighted by Crippen LogP contribution is 2.32. The predicted octanol–water partition coefficient (Wildman–Crippen LogP) is 3.75. The maximum absolute atomic E-state index is 9.34. The summed E-state index contributed by atoms with van der Waals surface area (Å²) in [6.07, 6.45) is 5.39. The van der Waals surface area contributed by atoms with Crippen molar-refractivity contribution in [3.8, 4) is 6.07 Å². The molecule has 21 heavy (non-hydrogen) atoms. The van der Waals surface area contributed by atoms with Gasteiger partial charge in [-0.1, -0.05) is 31.2 Å². The Morgan fingerprint density at radius 2 is 2.24 bits per heavy atom. The van der Waals surface area contributed by atoms with Crippen molar-refractivity contribution in [2.24, 2.45) is 0 Å². The number of hydrogen-bond acceptors (Lipinski definition) is 3. The molecule has 0 heterocycles. The van der Waals surface area contributed by atoms with Crippen LogP contribution in [0, 0.1) is 11.3 Å². The van der Waals surface area contributed by atoms with E-state index in [0.29, 0.717) is 6.61 Å². The van der Waals surface area contributed by atoms with Crippen LogP contribution in [0.2, 0.25) is 0 Å². The first-order valence-electron chi connectivity index (χ1n) is 8.04. The summed E-state index contributed by atoms with van der Waals surface area (Å²) in [7, 11) is 0. The fourth-order valence-corrected chi connectivity index (χ4v) is 2.87. The molecule has 0 aromatic heterocycles. The number of rotatable bonds is 7. The molecule has 1 aromatic carbocycles. The van der Waals surface area contributed by atoms with E-state index in [4.69, 9.17) is 4.74 Å². The largest absolute Gasteiger partial charge is 0.373 e. The molecule has 0 bridgehead atoms. The third-order valence-electron chi connectivity index (χ3n) is 4.25. The topological polar surface area (TPSA) is 45.0 Å². The molecule has 1 aliphatic rings. The first-order chi connectivity index (χ1) is 10.2. The minimum Gasteiger partial charge on any atom is -0.373 e. The van der Waals surface area contributed by atoms with E-state index < -0.39 is 5.54 Å². The molecule has 0 amide bonds. The van der Waals surface area contributed by atoms with Gasteiger partial charge in [0.05, 0.1) is 18.8 Å². The van der Waals surface area contributed by atoms with Crippen molar-refractivity contribution in [1.82, 2.24) is 5.32 Å². The number of ether oxygens (including phenoxy) is 1. The molecule has 0 radical (unpaired) electrons. The zero-order valence-corrected chi connectivity index (χ0v) is 13.2. The Kier molecular flexibility index (Phi) is 5.78. The SMILES string of the molecule is CCCNC(C)(C#N)CCOC1CCCc2ccccc21. The molecular formula is C18H26N2O. The number of nitrogens with zero attached hydrogens (tertiary/aromatic N) is 1. The molecule has 0 fully saturated rings. The first-order valence-corrected chi connectivity index (χ1v) is 8.04. The number of fused-ring (bicyclic) bond motifs is 1. The number of nitrogens with one attached hydrogen (secondary N) is 1. The van der Waals surface area contributed by atoms with E-state index >= 15 is 0 Å². The zero-order chi connectivity index (χ0) is 15.1. The molecule has 0 spiro atoms. The summed E-state index contributed by atoms with van der Waals surface area (Å²) in [6.45, 7) is 5.57. The van der Waals surface area contributed by atoms with Crippen molar-refractivity contribution < 1.29 is 4.74 Å². The van der Waals surface area contributed by atoms with Crippen LogP contribution in [0.4, 0.5) is 0 Å². The second-order valence-electron chi connectivity index (χ2n) is 6.07. The van der Waals surface area contributed by atoms with Gasteiger partial charge in [0.25, 0.3) is 0 Å². The number of benzene rings is 1. The fraction of sp³-hybridized carbons (Fsp3) is 0.611. The van der Waals surface area contributed by atoms with Crippen molar-refractivity contribution in [2.45, 2.75) is 57.6 Å². The molecule has 1 aromatic rings. The summed E-state index contributed by atoms with van der Waals surface area (Å²) in [5.74, 6) is 0. The maximum Gasteiger partial charge on any atom is 0.106 e. The summed E-state index contributed by atoms with van der Waals surface area (Å²) < 4.78 is 6.10. The maximum atomic E-state index is 9.34. The summed E-state index contributed by atoms with van der Waals surface area (Å²) in [4.78, 5) is 0. The molecule has 0 aliphatic heterocycles. The van der Waals surface area contributed by atoms with Crippen molar-refractivity contribution >= 4 is 0 Å². The standard InChI is InChI=1S/C18H26N2O/c1-3-12-20-18(2,14-19)11-13-21-17-10-6-8-15-7-4-5-9-16(15)17/h4-5,7,9,17,20H,3,6,8,10-13H2,1-2H3. The summed E-state index contributed by atoms with van der Waals surface area (Å²) in [5, 5.41) is 12.6. The smallest absolute Gasteiger partial charge is 0.106 e. The van der Waals surface area contributed by atoms with Gasteiger partial charge < -0.3 is 4.74 Å². The molecule has 114 valence electrons. The lowest BCUT2D eigenvalue weighted by atomic mass is 9.89. The van der Waals surface area contributed by atoms with Gasteiger partial charge in [-0.05, 0) is 50.3 Å². The van der Waals surface area contributed by atoms with Crippen molar-refractivity contribution in [1.29, 1.82) is 5.26 Å². The average Bonchev–Trinajstić information content (AvgIpc) is 2.53. The Morgan fingerprint density at radius 1 is 1.43 bits per heavy atom. The predicted molar refractivity (Wildman–Crippen MR) is 85.0 cm³/mol. The van der Waals surface area contributed by atoms with E-state index in [1.807, 2.05) is 6.92 Å². The van der Waals surface area contributed by atoms with Crippen LogP contribution in [0.15, 0.2) is 24.3 Å². The van der Waals surface area contributed by atoms with Gasteiger partial charge in [-0.25, -0.2) is 0 Å². The Bertz CT molecular complexity index is 494. The van der Waals surface area contributed by atoms with Gasteiger partial charge in [-0.2, -0.15) is 5.26 Å². The molecule has 3 nitrogen and oxygen atoms in total. The van der Waals surface area contributed by atoms with Crippen LogP contribution in [-0.4, -0.2) is 18.7 Å². The molecule has 1 N–H and O–H groups in total. The van der Waals surface area contributed by atoms with Crippen molar-refractivity contribution in [2.75, 3.05) is 13.2 Å². The van der Waals surface area contributed by atoms with E-state index in [1.54, 1.807) is 0 Å². The van der Waals surface area contributed by atoms with Gasteiger partial charge >= 0.3 is 0 Å². The molecule has 0 saturated heterocycles. The third-order valence-corrected chi connectivity index (χ3v) is 4.25. The Labute approximate surface area is 128 Å². The van der Waals surface area contributed by atoms with E-state index in [0.717, 1.165) is 32.2 Å². The normalized spacial score (nSPS) is 20.3. The van der Waals surface area contributed by atoms with Crippen LogP contribution in [0.3, 0.4) is 0 Å². The minimum atomic E-state index is -0.482. The fourth-order valence-electron chi connectivity index (χ4n) is 2.87. The average molecular weight is 286 g/mol. The Balaban J connectivity index is 1.88. The van der Waals surface area contributed by atoms with Crippen LogP contribution >= 0.6 is 0 Å². The monoisotopic (exact) mass is 286 g/mol. The summed E-state index contributed by atoms with van der Waals surface area (Å²) >= 11 is 0. The highest BCUT2D eigenvalue weighted by atomic mass is 16.5. The van der Waals surface area contributed by atoms with Crippen LogP contribution < -0.4 is 5.32 Å². The van der Waals surface area contributed by atoms with Gasteiger partial charge in [0.15, 0.2) is 0 Å². The van der Waals surface area contributed by atoms with Crippen LogP contribution in [0.1, 0.15) is 56.8 Å². The first kappa shape index (κ1) is 16.0. The van der Waals surface area contributed by atoms with E-state index in [1.165, 1.54) is 17.5 Å². The van der Waals surface area contributed by atoms with Crippen LogP contribution in [0.25, 0.3) is 0 Å². The highest BCUT2D eigenvalue weighted by molar-refractivity contribution is 5.31. The molecule has 1 aliphatic carbocycles. The van der Waals surface area contributed by atoms with Crippen molar-refractivity contribution in [3.63, 3.8) is 0 Å². The Hall–Kier alpha value is -1.37. The lowest BCUT2D eigenvalue weighted by Gasteiger charge is -2.28. The van der Waals surface area contributed by atoms with Crippen LogP contribution in [0.5, 0.6) is 0 Å². The number of nitriles is 1. The number of aryl methyl sites for hydroxylation is 1. The number of hydrogen-bond donors (Lipinski definition) is 1. The second kappa shape index (κ2) is 7.59. The van der Waals surface area contributed by atoms with E-state index in [-0.39, 0.29) is 6.10 Å². The van der Waals surface area contributed by atoms with Gasteiger partial charge in [-0.3, -0.25) is 5.32 Å². The van der Waals surface area contributed by atoms with Gasteiger partial charge in [0.1, 0.15) is 5.54 Å². The third kappa shape index (κ3) is 4.30. The molecular weight excluding hydrogens is 260 g/mol. The highest BCUT2D eigenvalue weighted by Gasteiger charge is 2.25. The van der Waals surface area contributed by atoms with E-state index in [9.17, 15) is 5.26 Å². The Morgan fingerprint density at radius 3 is 3.00 bits per heavy atom. The second-order valence-corrected chi connectivity index (χ2v) is 6.07. The molecule has 0 saturated carbocycles. The van der Waals surface area contributed by atoms with Crippen LogP contribution in [-0.2, 0) is 11.2 Å². The summed E-state index contributed by atoms with van der Waals surface area (Å²) in [6, 6.07) is 10.9. The molecule has 3 heteroatoms. The van der Waals surface area contributed by atoms with Gasteiger partial charge in [0.2, 0.25) is 0 Å². The van der Waals surface area contributed by atoms with Gasteiger partial charge in [-0.15, -0.1) is 0 Å². The minimum absolute atomic E-state index is 0.198. The summed E-state index contributed by atoms with van der Waals surface area (Å²) in [5.41, 5.74) is 2.27. The molecule has 2 unspecified atom stereocenters. The van der Waals surface area contributed by atoms with Gasteiger partial charge in [0, 0.05) is 6.42 Å². The van der Waals surface area contributed by atoms with Crippen molar-refractivity contribution in [3.05, 3.63) is 35.4 Å². The van der Waals surface area contributed by atoms with E-state index in [2.05, 4.69) is 42.6 Å². The quantitative estimate of drug-likeness (QED) is 0.830. The lowest BCUT2D eigenvalue weighted by molar-refractivity contribution is 0.0320. The molecule has 2 atom stereocenters.